The zero-order valence-electron chi connectivity index (χ0n) is 15.4. The first kappa shape index (κ1) is 19.2. The van der Waals surface area contributed by atoms with Crippen LogP contribution in [0.25, 0.3) is 5.65 Å². The number of carbonyl (C=O) groups is 1. The summed E-state index contributed by atoms with van der Waals surface area (Å²) < 4.78 is 17.7. The maximum Gasteiger partial charge on any atom is 0.272 e. The number of carbonyl (C=O) groups excluding carboxylic acids is 1. The van der Waals surface area contributed by atoms with Crippen molar-refractivity contribution in [3.05, 3.63) is 29.7 Å². The van der Waals surface area contributed by atoms with Crippen molar-refractivity contribution in [2.45, 2.75) is 20.3 Å². The number of aryl methyl sites for hydroxylation is 1. The number of hydrogen-bond donors (Lipinski definition) is 0. The van der Waals surface area contributed by atoms with E-state index in [9.17, 15) is 4.79 Å². The van der Waals surface area contributed by atoms with Gasteiger partial charge in [-0.1, -0.05) is 6.92 Å². The number of fused-ring (bicyclic) bond motifs is 1. The topological polar surface area (TPSA) is 65.3 Å². The molecule has 0 fully saturated rings. The molecule has 0 unspecified atom stereocenters. The van der Waals surface area contributed by atoms with Gasteiger partial charge in [-0.25, -0.2) is 4.98 Å². The monoisotopic (exact) mass is 349 g/mol. The molecule has 2 rings (SSSR count). The van der Waals surface area contributed by atoms with Gasteiger partial charge in [0.05, 0.1) is 25.5 Å². The van der Waals surface area contributed by atoms with Gasteiger partial charge in [0.1, 0.15) is 5.69 Å². The Balaban J connectivity index is 2.45. The lowest BCUT2D eigenvalue weighted by molar-refractivity contribution is 0.0619. The van der Waals surface area contributed by atoms with Crippen molar-refractivity contribution in [1.29, 1.82) is 0 Å². The van der Waals surface area contributed by atoms with Crippen molar-refractivity contribution in [2.24, 2.45) is 0 Å². The van der Waals surface area contributed by atoms with Crippen molar-refractivity contribution >= 4 is 11.6 Å². The number of ether oxygens (including phenoxy) is 3. The third-order valence-electron chi connectivity index (χ3n) is 3.94. The maximum atomic E-state index is 13.2. The van der Waals surface area contributed by atoms with E-state index in [4.69, 9.17) is 14.2 Å². The van der Waals surface area contributed by atoms with Crippen molar-refractivity contribution in [3.63, 3.8) is 0 Å². The molecule has 1 amide bonds. The Morgan fingerprint density at radius 2 is 1.88 bits per heavy atom. The minimum Gasteiger partial charge on any atom is -0.490 e. The third kappa shape index (κ3) is 4.29. The quantitative estimate of drug-likeness (QED) is 0.657. The van der Waals surface area contributed by atoms with Crippen LogP contribution in [-0.4, -0.2) is 67.3 Å². The van der Waals surface area contributed by atoms with E-state index in [0.29, 0.717) is 56.4 Å². The van der Waals surface area contributed by atoms with Gasteiger partial charge in [-0.05, 0) is 25.5 Å². The van der Waals surface area contributed by atoms with Crippen LogP contribution in [0.3, 0.4) is 0 Å². The standard InChI is InChI=1S/C18H27N3O4/c1-5-14-16(18(22)20(10-12-23-3)11-13-24-4)21-9-7-8-15(25-6-2)17(21)19-14/h7-9H,5-6,10-13H2,1-4H3. The van der Waals surface area contributed by atoms with Crippen molar-refractivity contribution in [2.75, 3.05) is 47.1 Å². The van der Waals surface area contributed by atoms with E-state index >= 15 is 0 Å². The molecule has 7 heteroatoms. The fourth-order valence-corrected chi connectivity index (χ4v) is 2.70. The number of methoxy groups -OCH3 is 2. The van der Waals surface area contributed by atoms with Crippen LogP contribution in [0.5, 0.6) is 5.75 Å². The zero-order chi connectivity index (χ0) is 18.2. The Hall–Kier alpha value is -2.12. The number of rotatable bonds is 10. The fraction of sp³-hybridized carbons (Fsp3) is 0.556. The van der Waals surface area contributed by atoms with Crippen LogP contribution in [0.15, 0.2) is 18.3 Å². The van der Waals surface area contributed by atoms with Crippen molar-refractivity contribution < 1.29 is 19.0 Å². The van der Waals surface area contributed by atoms with Gasteiger partial charge in [0.15, 0.2) is 11.4 Å². The summed E-state index contributed by atoms with van der Waals surface area (Å²) in [4.78, 5) is 19.6. The molecule has 2 aromatic rings. The van der Waals surface area contributed by atoms with Gasteiger partial charge in [0, 0.05) is 33.5 Å². The van der Waals surface area contributed by atoms with E-state index in [2.05, 4.69) is 4.98 Å². The Labute approximate surface area is 148 Å². The van der Waals surface area contributed by atoms with Crippen LogP contribution in [0.2, 0.25) is 0 Å². The molecule has 0 saturated carbocycles. The van der Waals surface area contributed by atoms with Crippen LogP contribution in [0.1, 0.15) is 30.0 Å². The summed E-state index contributed by atoms with van der Waals surface area (Å²) in [7, 11) is 3.25. The second-order valence-electron chi connectivity index (χ2n) is 5.54. The highest BCUT2D eigenvalue weighted by molar-refractivity contribution is 5.95. The van der Waals surface area contributed by atoms with E-state index < -0.39 is 0 Å². The lowest BCUT2D eigenvalue weighted by atomic mass is 10.2. The summed E-state index contributed by atoms with van der Waals surface area (Å²) in [6.45, 7) is 6.41. The number of nitrogens with zero attached hydrogens (tertiary/aromatic N) is 3. The number of amides is 1. The molecule has 0 saturated heterocycles. The average molecular weight is 349 g/mol. The minimum atomic E-state index is -0.0768. The Morgan fingerprint density at radius 3 is 2.44 bits per heavy atom. The maximum absolute atomic E-state index is 13.2. The largest absolute Gasteiger partial charge is 0.490 e. The third-order valence-corrected chi connectivity index (χ3v) is 3.94. The second kappa shape index (κ2) is 9.39. The molecule has 0 aromatic carbocycles. The van der Waals surface area contributed by atoms with Crippen LogP contribution < -0.4 is 4.74 Å². The Kier molecular flexibility index (Phi) is 7.21. The molecule has 0 aliphatic heterocycles. The van der Waals surface area contributed by atoms with Gasteiger partial charge < -0.3 is 19.1 Å². The van der Waals surface area contributed by atoms with Crippen LogP contribution in [-0.2, 0) is 15.9 Å². The number of pyridine rings is 1. The predicted molar refractivity (Wildman–Crippen MR) is 95.4 cm³/mol. The first-order valence-electron chi connectivity index (χ1n) is 8.57. The van der Waals surface area contributed by atoms with Crippen molar-refractivity contribution in [3.8, 4) is 5.75 Å². The number of imidazole rings is 1. The summed E-state index contributed by atoms with van der Waals surface area (Å²) >= 11 is 0. The molecule has 0 aliphatic carbocycles. The molecule has 2 aromatic heterocycles. The lowest BCUT2D eigenvalue weighted by Crippen LogP contribution is -2.37. The van der Waals surface area contributed by atoms with E-state index in [0.717, 1.165) is 5.69 Å². The predicted octanol–water partition coefficient (Wildman–Crippen LogP) is 2.03. The van der Waals surface area contributed by atoms with Crippen LogP contribution in [0.4, 0.5) is 0 Å². The van der Waals surface area contributed by atoms with Crippen LogP contribution in [0, 0.1) is 0 Å². The molecule has 0 spiro atoms. The molecule has 2 heterocycles. The smallest absolute Gasteiger partial charge is 0.272 e. The Morgan fingerprint density at radius 1 is 1.20 bits per heavy atom. The first-order chi connectivity index (χ1) is 12.2. The first-order valence-corrected chi connectivity index (χ1v) is 8.57. The van der Waals surface area contributed by atoms with Gasteiger partial charge in [-0.3, -0.25) is 9.20 Å². The summed E-state index contributed by atoms with van der Waals surface area (Å²) in [5.41, 5.74) is 2.01. The van der Waals surface area contributed by atoms with E-state index in [-0.39, 0.29) is 5.91 Å². The summed E-state index contributed by atoms with van der Waals surface area (Å²) in [5, 5.41) is 0. The highest BCUT2D eigenvalue weighted by Crippen LogP contribution is 2.23. The van der Waals surface area contributed by atoms with Gasteiger partial charge in [0.25, 0.3) is 5.91 Å². The van der Waals surface area contributed by atoms with Crippen molar-refractivity contribution in [1.82, 2.24) is 14.3 Å². The Bertz CT molecular complexity index is 691. The molecule has 0 N–H and O–H groups in total. The minimum absolute atomic E-state index is 0.0768. The van der Waals surface area contributed by atoms with Gasteiger partial charge in [-0.15, -0.1) is 0 Å². The molecular weight excluding hydrogens is 322 g/mol. The molecule has 138 valence electrons. The summed E-state index contributed by atoms with van der Waals surface area (Å²) in [6.07, 6.45) is 2.51. The fourth-order valence-electron chi connectivity index (χ4n) is 2.70. The van der Waals surface area contributed by atoms with E-state index in [1.54, 1.807) is 19.1 Å². The molecule has 25 heavy (non-hydrogen) atoms. The van der Waals surface area contributed by atoms with E-state index in [1.807, 2.05) is 36.6 Å². The van der Waals surface area contributed by atoms with Gasteiger partial charge >= 0.3 is 0 Å². The molecule has 0 radical (unpaired) electrons. The van der Waals surface area contributed by atoms with E-state index in [1.165, 1.54) is 0 Å². The zero-order valence-corrected chi connectivity index (χ0v) is 15.4. The molecule has 7 nitrogen and oxygen atoms in total. The van der Waals surface area contributed by atoms with Gasteiger partial charge in [-0.2, -0.15) is 0 Å². The lowest BCUT2D eigenvalue weighted by Gasteiger charge is -2.22. The molecule has 0 atom stereocenters. The molecular formula is C18H27N3O4. The normalized spacial score (nSPS) is 11.0. The number of aromatic nitrogens is 2. The summed E-state index contributed by atoms with van der Waals surface area (Å²) in [5.74, 6) is 0.603. The number of hydrogen-bond acceptors (Lipinski definition) is 5. The van der Waals surface area contributed by atoms with Gasteiger partial charge in [0.2, 0.25) is 0 Å². The second-order valence-corrected chi connectivity index (χ2v) is 5.54. The summed E-state index contributed by atoms with van der Waals surface area (Å²) in [6, 6.07) is 3.73. The molecule has 0 bridgehead atoms. The average Bonchev–Trinajstić information content (AvgIpc) is 3.01. The van der Waals surface area contributed by atoms with Crippen LogP contribution >= 0.6 is 0 Å². The highest BCUT2D eigenvalue weighted by atomic mass is 16.5. The SMILES string of the molecule is CCOc1cccn2c(C(=O)N(CCOC)CCOC)c(CC)nc12. The highest BCUT2D eigenvalue weighted by Gasteiger charge is 2.24. The molecule has 0 aliphatic rings.